The number of nitrogens with one attached hydrogen (secondary N) is 1. The summed E-state index contributed by atoms with van der Waals surface area (Å²) in [6.07, 6.45) is 4.66. The van der Waals surface area contributed by atoms with E-state index in [-0.39, 0.29) is 6.04 Å². The summed E-state index contributed by atoms with van der Waals surface area (Å²) < 4.78 is 0. The molecule has 0 bridgehead atoms. The summed E-state index contributed by atoms with van der Waals surface area (Å²) in [7, 11) is 0. The predicted octanol–water partition coefficient (Wildman–Crippen LogP) is 1.31. The van der Waals surface area contributed by atoms with Gasteiger partial charge in [0.15, 0.2) is 0 Å². The van der Waals surface area contributed by atoms with Gasteiger partial charge in [-0.3, -0.25) is 10.1 Å². The van der Waals surface area contributed by atoms with Crippen LogP contribution in [-0.4, -0.2) is 47.2 Å². The highest BCUT2D eigenvalue weighted by Crippen LogP contribution is 2.40. The van der Waals surface area contributed by atoms with Crippen LogP contribution < -0.4 is 5.32 Å². The van der Waals surface area contributed by atoms with Crippen molar-refractivity contribution >= 4 is 5.97 Å². The Bertz CT molecular complexity index is 285. The zero-order valence-electron chi connectivity index (χ0n) is 10.9. The van der Waals surface area contributed by atoms with Crippen LogP contribution >= 0.6 is 0 Å². The average molecular weight is 240 g/mol. The number of carbonyl (C=O) groups is 1. The second kappa shape index (κ2) is 4.94. The lowest BCUT2D eigenvalue weighted by atomic mass is 9.95. The van der Waals surface area contributed by atoms with Crippen molar-refractivity contribution in [2.24, 2.45) is 5.92 Å². The molecule has 1 aliphatic heterocycles. The minimum atomic E-state index is -0.723. The molecular formula is C13H24N2O2. The van der Waals surface area contributed by atoms with Crippen LogP contribution in [0.4, 0.5) is 0 Å². The van der Waals surface area contributed by atoms with Gasteiger partial charge in [-0.1, -0.05) is 0 Å². The quantitative estimate of drug-likeness (QED) is 0.735. The van der Waals surface area contributed by atoms with Crippen LogP contribution in [0.3, 0.4) is 0 Å². The van der Waals surface area contributed by atoms with Crippen LogP contribution in [0.5, 0.6) is 0 Å². The first kappa shape index (κ1) is 12.8. The van der Waals surface area contributed by atoms with Crippen LogP contribution in [0.1, 0.15) is 39.5 Å². The first-order valence-electron chi connectivity index (χ1n) is 6.76. The summed E-state index contributed by atoms with van der Waals surface area (Å²) in [5, 5.41) is 12.7. The van der Waals surface area contributed by atoms with E-state index in [0.29, 0.717) is 5.92 Å². The van der Waals surface area contributed by atoms with E-state index in [2.05, 4.69) is 17.1 Å². The summed E-state index contributed by atoms with van der Waals surface area (Å²) in [4.78, 5) is 13.8. The van der Waals surface area contributed by atoms with E-state index in [1.54, 1.807) is 0 Å². The monoisotopic (exact) mass is 240 g/mol. The molecule has 0 spiro atoms. The van der Waals surface area contributed by atoms with E-state index in [1.807, 2.05) is 6.92 Å². The van der Waals surface area contributed by atoms with Crippen molar-refractivity contribution in [3.8, 4) is 0 Å². The van der Waals surface area contributed by atoms with Gasteiger partial charge in [0.2, 0.25) is 0 Å². The van der Waals surface area contributed by atoms with Gasteiger partial charge in [-0.15, -0.1) is 0 Å². The molecule has 1 saturated heterocycles. The summed E-state index contributed by atoms with van der Waals surface area (Å²) >= 11 is 0. The molecule has 0 aromatic heterocycles. The van der Waals surface area contributed by atoms with Crippen molar-refractivity contribution in [1.82, 2.24) is 10.2 Å². The molecule has 0 amide bonds. The van der Waals surface area contributed by atoms with Crippen LogP contribution in [0.15, 0.2) is 0 Å². The predicted molar refractivity (Wildman–Crippen MR) is 67.0 cm³/mol. The maximum Gasteiger partial charge on any atom is 0.323 e. The van der Waals surface area contributed by atoms with Crippen LogP contribution in [-0.2, 0) is 4.79 Å². The van der Waals surface area contributed by atoms with E-state index in [9.17, 15) is 9.90 Å². The zero-order valence-corrected chi connectivity index (χ0v) is 10.9. The molecular weight excluding hydrogens is 216 g/mol. The summed E-state index contributed by atoms with van der Waals surface area (Å²) in [6.45, 7) is 7.24. The largest absolute Gasteiger partial charge is 0.480 e. The molecule has 4 nitrogen and oxygen atoms in total. The van der Waals surface area contributed by atoms with Gasteiger partial charge in [-0.05, 0) is 58.5 Å². The first-order valence-corrected chi connectivity index (χ1v) is 6.76. The molecule has 0 aromatic rings. The van der Waals surface area contributed by atoms with Crippen LogP contribution in [0.2, 0.25) is 0 Å². The molecule has 0 radical (unpaired) electrons. The first-order chi connectivity index (χ1) is 8.02. The van der Waals surface area contributed by atoms with Crippen LogP contribution in [0, 0.1) is 5.92 Å². The third-order valence-corrected chi connectivity index (χ3v) is 4.12. The SMILES string of the molecule is CC(CN1CCCC1)NC(C)(C(=O)O)C1CC1. The highest BCUT2D eigenvalue weighted by atomic mass is 16.4. The highest BCUT2D eigenvalue weighted by Gasteiger charge is 2.47. The Morgan fingerprint density at radius 3 is 2.53 bits per heavy atom. The maximum absolute atomic E-state index is 11.4. The fourth-order valence-electron chi connectivity index (χ4n) is 2.92. The van der Waals surface area contributed by atoms with Gasteiger partial charge in [-0.25, -0.2) is 0 Å². The molecule has 2 atom stereocenters. The molecule has 2 rings (SSSR count). The Morgan fingerprint density at radius 1 is 1.47 bits per heavy atom. The fraction of sp³-hybridized carbons (Fsp3) is 0.923. The summed E-state index contributed by atoms with van der Waals surface area (Å²) in [6, 6.07) is 0.245. The summed E-state index contributed by atoms with van der Waals surface area (Å²) in [5.74, 6) is -0.380. The normalized spacial score (nSPS) is 26.7. The number of rotatable bonds is 6. The summed E-state index contributed by atoms with van der Waals surface area (Å²) in [5.41, 5.74) is -0.723. The molecule has 17 heavy (non-hydrogen) atoms. The maximum atomic E-state index is 11.4. The second-order valence-corrected chi connectivity index (χ2v) is 5.83. The number of hydrogen-bond acceptors (Lipinski definition) is 3. The van der Waals surface area contributed by atoms with E-state index in [4.69, 9.17) is 0 Å². The molecule has 1 aliphatic carbocycles. The molecule has 1 heterocycles. The molecule has 2 N–H and O–H groups in total. The van der Waals surface area contributed by atoms with Crippen molar-refractivity contribution in [3.05, 3.63) is 0 Å². The minimum absolute atomic E-state index is 0.245. The number of nitrogens with zero attached hydrogens (tertiary/aromatic N) is 1. The van der Waals surface area contributed by atoms with Gasteiger partial charge in [-0.2, -0.15) is 0 Å². The Hall–Kier alpha value is -0.610. The molecule has 0 aromatic carbocycles. The van der Waals surface area contributed by atoms with Gasteiger partial charge in [0.25, 0.3) is 0 Å². The Kier molecular flexibility index (Phi) is 3.73. The van der Waals surface area contributed by atoms with E-state index in [1.165, 1.54) is 25.9 Å². The van der Waals surface area contributed by atoms with Crippen molar-refractivity contribution < 1.29 is 9.90 Å². The van der Waals surface area contributed by atoms with Gasteiger partial charge in [0.05, 0.1) is 0 Å². The fourth-order valence-corrected chi connectivity index (χ4v) is 2.92. The lowest BCUT2D eigenvalue weighted by molar-refractivity contribution is -0.145. The Morgan fingerprint density at radius 2 is 2.06 bits per heavy atom. The van der Waals surface area contributed by atoms with Gasteiger partial charge >= 0.3 is 5.97 Å². The van der Waals surface area contributed by atoms with E-state index in [0.717, 1.165) is 19.4 Å². The third-order valence-electron chi connectivity index (χ3n) is 4.12. The van der Waals surface area contributed by atoms with Crippen LogP contribution in [0.25, 0.3) is 0 Å². The lowest BCUT2D eigenvalue weighted by Crippen LogP contribution is -2.57. The second-order valence-electron chi connectivity index (χ2n) is 5.83. The van der Waals surface area contributed by atoms with Crippen molar-refractivity contribution in [3.63, 3.8) is 0 Å². The number of carboxylic acids is 1. The highest BCUT2D eigenvalue weighted by molar-refractivity contribution is 5.79. The molecule has 98 valence electrons. The number of aliphatic carboxylic acids is 1. The zero-order chi connectivity index (χ0) is 12.5. The molecule has 2 unspecified atom stereocenters. The Labute approximate surface area is 103 Å². The third kappa shape index (κ3) is 2.99. The molecule has 1 saturated carbocycles. The van der Waals surface area contributed by atoms with Crippen molar-refractivity contribution in [2.75, 3.05) is 19.6 Å². The molecule has 2 fully saturated rings. The van der Waals surface area contributed by atoms with Gasteiger partial charge in [0.1, 0.15) is 5.54 Å². The number of carboxylic acid groups (broad SMARTS) is 1. The number of likely N-dealkylation sites (tertiary alicyclic amines) is 1. The topological polar surface area (TPSA) is 52.6 Å². The van der Waals surface area contributed by atoms with E-state index >= 15 is 0 Å². The lowest BCUT2D eigenvalue weighted by Gasteiger charge is -2.32. The minimum Gasteiger partial charge on any atom is -0.480 e. The average Bonchev–Trinajstić information content (AvgIpc) is 2.99. The van der Waals surface area contributed by atoms with Crippen molar-refractivity contribution in [2.45, 2.75) is 51.1 Å². The smallest absolute Gasteiger partial charge is 0.323 e. The Balaban J connectivity index is 1.86. The van der Waals surface area contributed by atoms with E-state index < -0.39 is 11.5 Å². The standard InChI is InChI=1S/C13H24N2O2/c1-10(9-15-7-3-4-8-15)14-13(2,12(16)17)11-5-6-11/h10-11,14H,3-9H2,1-2H3,(H,16,17). The number of hydrogen-bond donors (Lipinski definition) is 2. The van der Waals surface area contributed by atoms with Crippen molar-refractivity contribution in [1.29, 1.82) is 0 Å². The van der Waals surface area contributed by atoms with Gasteiger partial charge < -0.3 is 10.0 Å². The molecule has 2 aliphatic rings. The molecule has 4 heteroatoms. The van der Waals surface area contributed by atoms with Gasteiger partial charge in [0, 0.05) is 12.6 Å².